The van der Waals surface area contributed by atoms with E-state index in [1.54, 1.807) is 30.3 Å². The van der Waals surface area contributed by atoms with E-state index in [0.717, 1.165) is 6.07 Å². The normalized spacial score (nSPS) is 10.3. The molecule has 0 fully saturated rings. The van der Waals surface area contributed by atoms with Crippen LogP contribution in [0.4, 0.5) is 21.5 Å². The lowest BCUT2D eigenvalue weighted by molar-refractivity contribution is -0.114. The molecule has 172 valence electrons. The highest BCUT2D eigenvalue weighted by atomic mass is 35.5. The van der Waals surface area contributed by atoms with Crippen LogP contribution in [0.2, 0.25) is 10.0 Å². The minimum Gasteiger partial charge on any atom is -0.495 e. The van der Waals surface area contributed by atoms with Gasteiger partial charge in [0.05, 0.1) is 47.7 Å². The highest BCUT2D eigenvalue weighted by molar-refractivity contribution is 6.34. The van der Waals surface area contributed by atoms with Gasteiger partial charge in [0.15, 0.2) is 0 Å². The van der Waals surface area contributed by atoms with E-state index in [9.17, 15) is 14.0 Å². The Morgan fingerprint density at radius 3 is 2.27 bits per heavy atom. The fourth-order valence-corrected chi connectivity index (χ4v) is 3.40. The lowest BCUT2D eigenvalue weighted by Gasteiger charge is -2.15. The molecule has 0 aliphatic rings. The van der Waals surface area contributed by atoms with Crippen molar-refractivity contribution in [1.82, 2.24) is 0 Å². The van der Waals surface area contributed by atoms with Crippen LogP contribution < -0.4 is 25.4 Å². The average Bonchev–Trinajstić information content (AvgIpc) is 2.80. The standard InChI is InChI=1S/C23H20Cl2FN3O4/c1-32-20-11-21(33-2)19(10-16(20)25)28-22(30)12-27-17-6-4-3-5-14(17)23(31)29-18-8-7-13(26)9-15(18)24/h3-11,27H,12H2,1-2H3,(H,28,30)(H,29,31). The Balaban J connectivity index is 1.69. The van der Waals surface area contributed by atoms with Crippen LogP contribution in [0, 0.1) is 5.82 Å². The summed E-state index contributed by atoms with van der Waals surface area (Å²) in [6.07, 6.45) is 0. The highest BCUT2D eigenvalue weighted by Gasteiger charge is 2.15. The molecule has 0 aliphatic heterocycles. The van der Waals surface area contributed by atoms with Crippen molar-refractivity contribution in [3.05, 3.63) is 76.0 Å². The minimum atomic E-state index is -0.513. The number of para-hydroxylation sites is 1. The summed E-state index contributed by atoms with van der Waals surface area (Å²) in [5.74, 6) is -0.603. The molecule has 7 nitrogen and oxygen atoms in total. The van der Waals surface area contributed by atoms with Crippen LogP contribution >= 0.6 is 23.2 Å². The second-order valence-electron chi connectivity index (χ2n) is 6.71. The van der Waals surface area contributed by atoms with Crippen molar-refractivity contribution in [2.24, 2.45) is 0 Å². The Hall–Kier alpha value is -3.49. The third kappa shape index (κ3) is 6.06. The summed E-state index contributed by atoms with van der Waals surface area (Å²) in [5, 5.41) is 8.65. The number of rotatable bonds is 8. The molecule has 0 saturated heterocycles. The molecule has 0 radical (unpaired) electrons. The van der Waals surface area contributed by atoms with Gasteiger partial charge in [-0.2, -0.15) is 0 Å². The fourth-order valence-electron chi connectivity index (χ4n) is 2.94. The van der Waals surface area contributed by atoms with Crippen molar-refractivity contribution < 1.29 is 23.5 Å². The third-order valence-electron chi connectivity index (χ3n) is 4.54. The summed E-state index contributed by atoms with van der Waals surface area (Å²) in [4.78, 5) is 25.3. The van der Waals surface area contributed by atoms with Crippen LogP contribution in [0.3, 0.4) is 0 Å². The van der Waals surface area contributed by atoms with Crippen molar-refractivity contribution in [3.63, 3.8) is 0 Å². The van der Waals surface area contributed by atoms with Gasteiger partial charge in [0.1, 0.15) is 17.3 Å². The number of anilines is 3. The maximum atomic E-state index is 13.2. The Morgan fingerprint density at radius 2 is 1.58 bits per heavy atom. The van der Waals surface area contributed by atoms with Crippen LogP contribution in [0.5, 0.6) is 11.5 Å². The molecule has 2 amide bonds. The van der Waals surface area contributed by atoms with Crippen LogP contribution in [0.25, 0.3) is 0 Å². The third-order valence-corrected chi connectivity index (χ3v) is 5.15. The number of carbonyl (C=O) groups is 2. The van der Waals surface area contributed by atoms with E-state index in [1.165, 1.54) is 32.4 Å². The number of halogens is 3. The van der Waals surface area contributed by atoms with Gasteiger partial charge in [0.2, 0.25) is 5.91 Å². The van der Waals surface area contributed by atoms with Crippen LogP contribution in [0.1, 0.15) is 10.4 Å². The molecule has 0 spiro atoms. The Kier molecular flexibility index (Phi) is 7.97. The number of hydrogen-bond acceptors (Lipinski definition) is 5. The van der Waals surface area contributed by atoms with E-state index < -0.39 is 17.6 Å². The van der Waals surface area contributed by atoms with Crippen molar-refractivity contribution in [1.29, 1.82) is 0 Å². The maximum Gasteiger partial charge on any atom is 0.257 e. The molecule has 10 heteroatoms. The van der Waals surface area contributed by atoms with Gasteiger partial charge in [-0.25, -0.2) is 4.39 Å². The molecule has 3 N–H and O–H groups in total. The zero-order chi connectivity index (χ0) is 24.0. The van der Waals surface area contributed by atoms with E-state index in [0.29, 0.717) is 27.9 Å². The molecule has 0 atom stereocenters. The Morgan fingerprint density at radius 1 is 0.848 bits per heavy atom. The van der Waals surface area contributed by atoms with Gasteiger partial charge in [0.25, 0.3) is 5.91 Å². The zero-order valence-corrected chi connectivity index (χ0v) is 19.2. The van der Waals surface area contributed by atoms with E-state index >= 15 is 0 Å². The minimum absolute atomic E-state index is 0.0697. The first-order valence-corrected chi connectivity index (χ1v) is 10.4. The topological polar surface area (TPSA) is 88.7 Å². The lowest BCUT2D eigenvalue weighted by Crippen LogP contribution is -2.23. The van der Waals surface area contributed by atoms with E-state index in [2.05, 4.69) is 16.0 Å². The second kappa shape index (κ2) is 10.9. The summed E-state index contributed by atoms with van der Waals surface area (Å²) in [5.41, 5.74) is 1.32. The van der Waals surface area contributed by atoms with Crippen LogP contribution in [0.15, 0.2) is 54.6 Å². The summed E-state index contributed by atoms with van der Waals surface area (Å²) >= 11 is 12.1. The van der Waals surface area contributed by atoms with Crippen molar-refractivity contribution in [2.75, 3.05) is 36.7 Å². The first-order chi connectivity index (χ1) is 15.8. The monoisotopic (exact) mass is 491 g/mol. The molecule has 33 heavy (non-hydrogen) atoms. The SMILES string of the molecule is COc1cc(OC)c(NC(=O)CNc2ccccc2C(=O)Nc2ccc(F)cc2Cl)cc1Cl. The van der Waals surface area contributed by atoms with Crippen molar-refractivity contribution in [2.45, 2.75) is 0 Å². The van der Waals surface area contributed by atoms with E-state index in [4.69, 9.17) is 32.7 Å². The van der Waals surface area contributed by atoms with Gasteiger partial charge in [-0.05, 0) is 36.4 Å². The average molecular weight is 492 g/mol. The van der Waals surface area contributed by atoms with Crippen LogP contribution in [-0.2, 0) is 4.79 Å². The molecule has 0 aromatic heterocycles. The Bertz CT molecular complexity index is 1190. The van der Waals surface area contributed by atoms with Crippen molar-refractivity contribution in [3.8, 4) is 11.5 Å². The summed E-state index contributed by atoms with van der Waals surface area (Å²) in [6.45, 7) is -0.144. The first kappa shape index (κ1) is 24.2. The molecule has 0 unspecified atom stereocenters. The number of benzene rings is 3. The fraction of sp³-hybridized carbons (Fsp3) is 0.130. The number of methoxy groups -OCH3 is 2. The van der Waals surface area contributed by atoms with Gasteiger partial charge >= 0.3 is 0 Å². The number of hydrogen-bond donors (Lipinski definition) is 3. The predicted molar refractivity (Wildman–Crippen MR) is 127 cm³/mol. The predicted octanol–water partition coefficient (Wildman–Crippen LogP) is 5.45. The number of carbonyl (C=O) groups excluding carboxylic acids is 2. The van der Waals surface area contributed by atoms with Crippen molar-refractivity contribution >= 4 is 52.1 Å². The molecule has 0 bridgehead atoms. The van der Waals surface area contributed by atoms with E-state index in [-0.39, 0.29) is 22.8 Å². The second-order valence-corrected chi connectivity index (χ2v) is 7.53. The molecular weight excluding hydrogens is 472 g/mol. The lowest BCUT2D eigenvalue weighted by atomic mass is 10.1. The molecule has 0 saturated carbocycles. The summed E-state index contributed by atoms with van der Waals surface area (Å²) in [6, 6.07) is 13.4. The highest BCUT2D eigenvalue weighted by Crippen LogP contribution is 2.35. The van der Waals surface area contributed by atoms with Gasteiger partial charge in [-0.3, -0.25) is 9.59 Å². The zero-order valence-electron chi connectivity index (χ0n) is 17.7. The molecule has 3 aromatic carbocycles. The molecule has 3 rings (SSSR count). The summed E-state index contributed by atoms with van der Waals surface area (Å²) in [7, 11) is 2.93. The van der Waals surface area contributed by atoms with Gasteiger partial charge < -0.3 is 25.4 Å². The molecule has 0 aliphatic carbocycles. The summed E-state index contributed by atoms with van der Waals surface area (Å²) < 4.78 is 23.7. The number of amides is 2. The number of nitrogens with one attached hydrogen (secondary N) is 3. The smallest absolute Gasteiger partial charge is 0.257 e. The quantitative estimate of drug-likeness (QED) is 0.389. The van der Waals surface area contributed by atoms with Crippen LogP contribution in [-0.4, -0.2) is 32.6 Å². The Labute approximate surface area is 199 Å². The molecule has 0 heterocycles. The maximum absolute atomic E-state index is 13.2. The number of ether oxygens (including phenoxy) is 2. The molecular formula is C23H20Cl2FN3O4. The van der Waals surface area contributed by atoms with Gasteiger partial charge in [0, 0.05) is 11.8 Å². The molecule has 3 aromatic rings. The van der Waals surface area contributed by atoms with Gasteiger partial charge in [-0.1, -0.05) is 35.3 Å². The van der Waals surface area contributed by atoms with Gasteiger partial charge in [-0.15, -0.1) is 0 Å². The largest absolute Gasteiger partial charge is 0.495 e. The van der Waals surface area contributed by atoms with E-state index in [1.807, 2.05) is 0 Å². The first-order valence-electron chi connectivity index (χ1n) is 9.63.